The van der Waals surface area contributed by atoms with Crippen molar-refractivity contribution in [1.82, 2.24) is 0 Å². The molecule has 0 saturated carbocycles. The minimum atomic E-state index is -4.68. The Morgan fingerprint density at radius 1 is 0.711 bits per heavy atom. The predicted octanol–water partition coefficient (Wildman–Crippen LogP) is 5.27. The molecule has 0 rings (SSSR count). The van der Waals surface area contributed by atoms with E-state index in [4.69, 9.17) is 24.8 Å². The Bertz CT molecular complexity index is 691. The van der Waals surface area contributed by atoms with Gasteiger partial charge >= 0.3 is 25.7 Å². The van der Waals surface area contributed by atoms with Crippen LogP contribution in [0.3, 0.4) is 0 Å². The topological polar surface area (TPSA) is 172 Å². The van der Waals surface area contributed by atoms with Crippen LogP contribution >= 0.6 is 7.82 Å². The van der Waals surface area contributed by atoms with Gasteiger partial charge in [0.15, 0.2) is 6.10 Å². The number of carbonyl (C=O) groups excluding carboxylic acids is 2. The first kappa shape index (κ1) is 36.5. The van der Waals surface area contributed by atoms with E-state index in [2.05, 4.69) is 18.4 Å². The summed E-state index contributed by atoms with van der Waals surface area (Å²) in [6.45, 7) is 2.63. The Balaban J connectivity index is 4.61. The summed E-state index contributed by atoms with van der Waals surface area (Å²) in [5.41, 5.74) is 5.26. The lowest BCUT2D eigenvalue weighted by molar-refractivity contribution is -0.161. The summed E-state index contributed by atoms with van der Waals surface area (Å²) in [4.78, 5) is 45.0. The number of carboxylic acids is 1. The van der Waals surface area contributed by atoms with Crippen LogP contribution in [0.15, 0.2) is 0 Å². The second kappa shape index (κ2) is 23.4. The molecule has 0 heterocycles. The molecule has 0 aliphatic heterocycles. The standard InChI is InChI=1S/C26H50NO10P/c1-3-5-7-9-11-12-14-16-18-25(29)37-22(19-34-24(28)17-15-13-10-8-6-4-2)20-35-38(32,33)36-21-23(27)26(30)31/h22-23H,3-21,27H2,1-2H3,(H,30,31)(H,32,33). The molecular formula is C26H50NO10P. The Hall–Kier alpha value is -1.52. The lowest BCUT2D eigenvalue weighted by atomic mass is 10.1. The van der Waals surface area contributed by atoms with Crippen molar-refractivity contribution in [1.29, 1.82) is 0 Å². The van der Waals surface area contributed by atoms with Gasteiger partial charge < -0.3 is 25.2 Å². The van der Waals surface area contributed by atoms with E-state index in [-0.39, 0.29) is 19.4 Å². The van der Waals surface area contributed by atoms with Crippen LogP contribution in [0, 0.1) is 0 Å². The second-order valence-electron chi connectivity index (χ2n) is 9.54. The third kappa shape index (κ3) is 22.5. The summed E-state index contributed by atoms with van der Waals surface area (Å²) in [5.74, 6) is -2.39. The van der Waals surface area contributed by atoms with E-state index < -0.39 is 51.1 Å². The van der Waals surface area contributed by atoms with Gasteiger partial charge in [0.2, 0.25) is 0 Å². The fourth-order valence-corrected chi connectivity index (χ4v) is 4.31. The molecule has 0 aromatic carbocycles. The lowest BCUT2D eigenvalue weighted by Gasteiger charge is -2.20. The zero-order valence-corrected chi connectivity index (χ0v) is 24.2. The Morgan fingerprint density at radius 2 is 1.16 bits per heavy atom. The van der Waals surface area contributed by atoms with Crippen molar-refractivity contribution in [2.45, 2.75) is 129 Å². The number of rotatable bonds is 26. The number of phosphoric ester groups is 1. The largest absolute Gasteiger partial charge is 0.480 e. The maximum absolute atomic E-state index is 12.3. The molecule has 0 amide bonds. The third-order valence-corrected chi connectivity index (χ3v) is 6.81. The number of carbonyl (C=O) groups is 3. The van der Waals surface area contributed by atoms with Gasteiger partial charge in [-0.2, -0.15) is 0 Å². The highest BCUT2D eigenvalue weighted by Crippen LogP contribution is 2.43. The highest BCUT2D eigenvalue weighted by Gasteiger charge is 2.28. The molecule has 0 bridgehead atoms. The Kier molecular flexibility index (Phi) is 22.4. The number of hydrogen-bond acceptors (Lipinski definition) is 9. The summed E-state index contributed by atoms with van der Waals surface area (Å²) in [6.07, 6.45) is 13.9. The van der Waals surface area contributed by atoms with Crippen LogP contribution in [0.1, 0.15) is 117 Å². The van der Waals surface area contributed by atoms with E-state index in [1.807, 2.05) is 0 Å². The van der Waals surface area contributed by atoms with E-state index in [1.54, 1.807) is 0 Å². The number of nitrogens with two attached hydrogens (primary N) is 1. The summed E-state index contributed by atoms with van der Waals surface area (Å²) in [5, 5.41) is 8.76. The normalized spacial score (nSPS) is 14.4. The van der Waals surface area contributed by atoms with E-state index in [1.165, 1.54) is 25.7 Å². The quantitative estimate of drug-likeness (QED) is 0.0706. The van der Waals surface area contributed by atoms with Crippen molar-refractivity contribution in [3.63, 3.8) is 0 Å². The van der Waals surface area contributed by atoms with Crippen molar-refractivity contribution in [3.8, 4) is 0 Å². The molecule has 4 N–H and O–H groups in total. The van der Waals surface area contributed by atoms with Gasteiger partial charge in [0.05, 0.1) is 13.2 Å². The number of esters is 2. The maximum Gasteiger partial charge on any atom is 0.472 e. The third-order valence-electron chi connectivity index (χ3n) is 5.86. The van der Waals surface area contributed by atoms with E-state index in [9.17, 15) is 23.8 Å². The van der Waals surface area contributed by atoms with Crippen LogP contribution in [-0.4, -0.2) is 59.9 Å². The molecule has 0 aliphatic carbocycles. The highest BCUT2D eigenvalue weighted by atomic mass is 31.2. The number of hydrogen-bond donors (Lipinski definition) is 3. The van der Waals surface area contributed by atoms with Gasteiger partial charge in [-0.1, -0.05) is 90.9 Å². The van der Waals surface area contributed by atoms with E-state index in [0.717, 1.165) is 51.4 Å². The molecular weight excluding hydrogens is 517 g/mol. The maximum atomic E-state index is 12.3. The van der Waals surface area contributed by atoms with Crippen LogP contribution in [-0.2, 0) is 37.5 Å². The number of ether oxygens (including phenoxy) is 2. The summed E-state index contributed by atoms with van der Waals surface area (Å²) in [6, 6.07) is -1.51. The van der Waals surface area contributed by atoms with Gasteiger partial charge in [0.1, 0.15) is 12.6 Å². The van der Waals surface area contributed by atoms with Crippen molar-refractivity contribution < 1.29 is 47.5 Å². The molecule has 12 heteroatoms. The van der Waals surface area contributed by atoms with Crippen molar-refractivity contribution >= 4 is 25.7 Å². The van der Waals surface area contributed by atoms with Crippen molar-refractivity contribution in [2.24, 2.45) is 5.73 Å². The van der Waals surface area contributed by atoms with E-state index >= 15 is 0 Å². The zero-order valence-electron chi connectivity index (χ0n) is 23.3. The Morgan fingerprint density at radius 3 is 1.66 bits per heavy atom. The summed E-state index contributed by atoms with van der Waals surface area (Å²) < 4.78 is 32.1. The second-order valence-corrected chi connectivity index (χ2v) is 11.0. The molecule has 38 heavy (non-hydrogen) atoms. The van der Waals surface area contributed by atoms with Gasteiger partial charge in [0, 0.05) is 12.8 Å². The lowest BCUT2D eigenvalue weighted by Crippen LogP contribution is -2.34. The molecule has 0 fully saturated rings. The molecule has 0 saturated heterocycles. The minimum Gasteiger partial charge on any atom is -0.480 e. The predicted molar refractivity (Wildman–Crippen MR) is 143 cm³/mol. The van der Waals surface area contributed by atoms with Gasteiger partial charge in [-0.15, -0.1) is 0 Å². The van der Waals surface area contributed by atoms with Gasteiger partial charge in [0.25, 0.3) is 0 Å². The summed E-state index contributed by atoms with van der Waals surface area (Å²) in [7, 11) is -4.68. The molecule has 3 unspecified atom stereocenters. The van der Waals surface area contributed by atoms with Gasteiger partial charge in [-0.3, -0.25) is 23.4 Å². The highest BCUT2D eigenvalue weighted by molar-refractivity contribution is 7.47. The molecule has 3 atom stereocenters. The van der Waals surface area contributed by atoms with Gasteiger partial charge in [-0.05, 0) is 12.8 Å². The average Bonchev–Trinajstić information content (AvgIpc) is 2.87. The summed E-state index contributed by atoms with van der Waals surface area (Å²) >= 11 is 0. The first-order chi connectivity index (χ1) is 18.1. The molecule has 11 nitrogen and oxygen atoms in total. The first-order valence-electron chi connectivity index (χ1n) is 14.1. The fourth-order valence-electron chi connectivity index (χ4n) is 3.53. The number of carboxylic acid groups (broad SMARTS) is 1. The van der Waals surface area contributed by atoms with E-state index in [0.29, 0.717) is 12.8 Å². The molecule has 0 aliphatic rings. The van der Waals surface area contributed by atoms with Crippen LogP contribution < -0.4 is 5.73 Å². The average molecular weight is 568 g/mol. The number of phosphoric acid groups is 1. The van der Waals surface area contributed by atoms with Crippen LogP contribution in [0.2, 0.25) is 0 Å². The van der Waals surface area contributed by atoms with Crippen LogP contribution in [0.4, 0.5) is 0 Å². The molecule has 0 radical (unpaired) electrons. The minimum absolute atomic E-state index is 0.165. The van der Waals surface area contributed by atoms with Crippen molar-refractivity contribution in [2.75, 3.05) is 19.8 Å². The monoisotopic (exact) mass is 567 g/mol. The fraction of sp³-hybridized carbons (Fsp3) is 0.885. The smallest absolute Gasteiger partial charge is 0.472 e. The molecule has 0 spiro atoms. The molecule has 0 aromatic rings. The SMILES string of the molecule is CCCCCCCCCCC(=O)OC(COC(=O)CCCCCCCC)COP(=O)(O)OCC(N)C(=O)O. The van der Waals surface area contributed by atoms with Gasteiger partial charge in [-0.25, -0.2) is 4.57 Å². The van der Waals surface area contributed by atoms with Crippen LogP contribution in [0.5, 0.6) is 0 Å². The first-order valence-corrected chi connectivity index (χ1v) is 15.6. The van der Waals surface area contributed by atoms with Crippen molar-refractivity contribution in [3.05, 3.63) is 0 Å². The molecule has 224 valence electrons. The number of aliphatic carboxylic acids is 1. The zero-order chi connectivity index (χ0) is 28.7. The molecule has 0 aromatic heterocycles. The number of unbranched alkanes of at least 4 members (excludes halogenated alkanes) is 12. The van der Waals surface area contributed by atoms with Crippen LogP contribution in [0.25, 0.3) is 0 Å². The Labute approximate surface area is 227 Å².